The Kier molecular flexibility index (Phi) is 4.00. The second-order valence-electron chi connectivity index (χ2n) is 5.71. The number of aromatic nitrogens is 1. The average molecular weight is 300 g/mol. The van der Waals surface area contributed by atoms with Crippen molar-refractivity contribution < 1.29 is 9.32 Å². The molecule has 0 atom stereocenters. The van der Waals surface area contributed by atoms with E-state index >= 15 is 0 Å². The van der Waals surface area contributed by atoms with Crippen LogP contribution in [0.25, 0.3) is 0 Å². The smallest absolute Gasteiger partial charge is 0.321 e. The summed E-state index contributed by atoms with van der Waals surface area (Å²) >= 11 is 0. The predicted octanol–water partition coefficient (Wildman–Crippen LogP) is 2.98. The number of aryl methyl sites for hydroxylation is 1. The zero-order chi connectivity index (χ0) is 15.5. The fraction of sp³-hybridized carbons (Fsp3) is 0.375. The first-order valence-corrected chi connectivity index (χ1v) is 7.46. The topological polar surface area (TPSA) is 84.4 Å². The van der Waals surface area contributed by atoms with Crippen LogP contribution in [0.15, 0.2) is 34.9 Å². The minimum atomic E-state index is -0.0537. The van der Waals surface area contributed by atoms with Crippen LogP contribution in [0.4, 0.5) is 16.4 Å². The third-order valence-electron chi connectivity index (χ3n) is 4.05. The molecule has 22 heavy (non-hydrogen) atoms. The number of carbonyl (C=O) groups is 1. The van der Waals surface area contributed by atoms with E-state index in [9.17, 15) is 4.79 Å². The molecule has 2 aromatic rings. The quantitative estimate of drug-likeness (QED) is 0.893. The molecule has 6 heteroatoms. The second-order valence-corrected chi connectivity index (χ2v) is 5.71. The van der Waals surface area contributed by atoms with E-state index in [1.807, 2.05) is 36.1 Å². The molecule has 1 aromatic heterocycles. The van der Waals surface area contributed by atoms with Crippen molar-refractivity contribution in [2.45, 2.75) is 25.7 Å². The van der Waals surface area contributed by atoms with Crippen molar-refractivity contribution in [1.29, 1.82) is 0 Å². The largest absolute Gasteiger partial charge is 0.368 e. The van der Waals surface area contributed by atoms with Crippen LogP contribution in [0.3, 0.4) is 0 Å². The maximum absolute atomic E-state index is 12.3. The van der Waals surface area contributed by atoms with E-state index in [1.165, 1.54) is 5.56 Å². The number of carbonyl (C=O) groups excluding carboxylic acids is 1. The predicted molar refractivity (Wildman–Crippen MR) is 84.7 cm³/mol. The number of nitrogens with two attached hydrogens (primary N) is 1. The van der Waals surface area contributed by atoms with Gasteiger partial charge in [0.05, 0.1) is 5.69 Å². The summed E-state index contributed by atoms with van der Waals surface area (Å²) in [4.78, 5) is 14.1. The van der Waals surface area contributed by atoms with Gasteiger partial charge in [-0.1, -0.05) is 22.9 Å². The van der Waals surface area contributed by atoms with Gasteiger partial charge in [-0.2, -0.15) is 0 Å². The number of hydrogen-bond donors (Lipinski definition) is 2. The van der Waals surface area contributed by atoms with Gasteiger partial charge in [0, 0.05) is 30.8 Å². The Morgan fingerprint density at radius 3 is 2.59 bits per heavy atom. The molecule has 3 N–H and O–H groups in total. The highest BCUT2D eigenvalue weighted by molar-refractivity contribution is 5.89. The lowest BCUT2D eigenvalue weighted by Crippen LogP contribution is -2.40. The van der Waals surface area contributed by atoms with E-state index < -0.39 is 0 Å². The molecule has 0 spiro atoms. The van der Waals surface area contributed by atoms with Gasteiger partial charge in [-0.25, -0.2) is 4.79 Å². The number of amides is 2. The minimum absolute atomic E-state index is 0.0537. The molecule has 1 aromatic carbocycles. The van der Waals surface area contributed by atoms with Crippen LogP contribution in [-0.2, 0) is 0 Å². The molecule has 116 valence electrons. The number of nitrogens with zero attached hydrogens (tertiary/aromatic N) is 2. The Morgan fingerprint density at radius 1 is 1.32 bits per heavy atom. The van der Waals surface area contributed by atoms with Gasteiger partial charge in [-0.15, -0.1) is 0 Å². The van der Waals surface area contributed by atoms with Gasteiger partial charge in [0.2, 0.25) is 5.88 Å². The fourth-order valence-electron chi connectivity index (χ4n) is 2.71. The number of nitrogens with one attached hydrogen (secondary N) is 1. The molecule has 0 saturated carbocycles. The van der Waals surface area contributed by atoms with Gasteiger partial charge >= 0.3 is 6.03 Å². The summed E-state index contributed by atoms with van der Waals surface area (Å²) in [5.74, 6) is 0.652. The summed E-state index contributed by atoms with van der Waals surface area (Å²) in [6.07, 6.45) is 1.74. The normalized spacial score (nSPS) is 15.8. The second kappa shape index (κ2) is 6.09. The Labute approximate surface area is 129 Å². The van der Waals surface area contributed by atoms with Crippen molar-refractivity contribution in [3.63, 3.8) is 0 Å². The van der Waals surface area contributed by atoms with Crippen molar-refractivity contribution in [2.75, 3.05) is 24.1 Å². The van der Waals surface area contributed by atoms with Crippen molar-refractivity contribution in [3.8, 4) is 0 Å². The SMILES string of the molecule is Cc1ccc(NC(=O)N2CCC(c3cc(N)on3)CC2)cc1. The molecule has 2 heterocycles. The van der Waals surface area contributed by atoms with E-state index in [-0.39, 0.29) is 6.03 Å². The highest BCUT2D eigenvalue weighted by Crippen LogP contribution is 2.28. The number of rotatable bonds is 2. The summed E-state index contributed by atoms with van der Waals surface area (Å²) in [6.45, 7) is 3.43. The van der Waals surface area contributed by atoms with E-state index in [0.717, 1.165) is 24.2 Å². The fourth-order valence-corrected chi connectivity index (χ4v) is 2.71. The van der Waals surface area contributed by atoms with Crippen molar-refractivity contribution >= 4 is 17.6 Å². The highest BCUT2D eigenvalue weighted by Gasteiger charge is 2.25. The maximum atomic E-state index is 12.3. The Morgan fingerprint density at radius 2 is 2.00 bits per heavy atom. The monoisotopic (exact) mass is 300 g/mol. The van der Waals surface area contributed by atoms with Crippen LogP contribution in [0.1, 0.15) is 30.0 Å². The number of hydrogen-bond acceptors (Lipinski definition) is 4. The Hall–Kier alpha value is -2.50. The van der Waals surface area contributed by atoms with Crippen molar-refractivity contribution in [1.82, 2.24) is 10.1 Å². The first-order chi connectivity index (χ1) is 10.6. The highest BCUT2D eigenvalue weighted by atomic mass is 16.5. The van der Waals surface area contributed by atoms with Crippen molar-refractivity contribution in [3.05, 3.63) is 41.6 Å². The van der Waals surface area contributed by atoms with Crippen LogP contribution in [-0.4, -0.2) is 29.2 Å². The van der Waals surface area contributed by atoms with Gasteiger partial charge in [-0.3, -0.25) is 0 Å². The zero-order valence-electron chi connectivity index (χ0n) is 12.6. The average Bonchev–Trinajstić information content (AvgIpc) is 2.96. The molecular weight excluding hydrogens is 280 g/mol. The van der Waals surface area contributed by atoms with Gasteiger partial charge in [0.1, 0.15) is 0 Å². The molecule has 0 unspecified atom stereocenters. The summed E-state index contributed by atoms with van der Waals surface area (Å²) in [7, 11) is 0. The van der Waals surface area contributed by atoms with Gasteiger partial charge < -0.3 is 20.5 Å². The molecule has 2 amide bonds. The number of urea groups is 1. The van der Waals surface area contributed by atoms with Gasteiger partial charge in [0.15, 0.2) is 0 Å². The van der Waals surface area contributed by atoms with Crippen LogP contribution < -0.4 is 11.1 Å². The molecule has 0 radical (unpaired) electrons. The van der Waals surface area contributed by atoms with E-state index in [0.29, 0.717) is 24.9 Å². The summed E-state index contributed by atoms with van der Waals surface area (Å²) < 4.78 is 4.92. The molecule has 1 saturated heterocycles. The number of anilines is 2. The van der Waals surface area contributed by atoms with Crippen LogP contribution >= 0.6 is 0 Å². The molecule has 3 rings (SSSR count). The minimum Gasteiger partial charge on any atom is -0.368 e. The lowest BCUT2D eigenvalue weighted by atomic mass is 9.94. The molecule has 1 fully saturated rings. The van der Waals surface area contributed by atoms with Gasteiger partial charge in [-0.05, 0) is 31.9 Å². The molecule has 6 nitrogen and oxygen atoms in total. The van der Waals surface area contributed by atoms with Crippen molar-refractivity contribution in [2.24, 2.45) is 0 Å². The lowest BCUT2D eigenvalue weighted by molar-refractivity contribution is 0.193. The van der Waals surface area contributed by atoms with E-state index in [4.69, 9.17) is 10.3 Å². The Bertz CT molecular complexity index is 642. The lowest BCUT2D eigenvalue weighted by Gasteiger charge is -2.31. The third-order valence-corrected chi connectivity index (χ3v) is 4.05. The van der Waals surface area contributed by atoms with Crippen LogP contribution in [0.2, 0.25) is 0 Å². The van der Waals surface area contributed by atoms with Crippen LogP contribution in [0, 0.1) is 6.92 Å². The summed E-state index contributed by atoms with van der Waals surface area (Å²) in [5.41, 5.74) is 8.43. The van der Waals surface area contributed by atoms with E-state index in [2.05, 4.69) is 10.5 Å². The maximum Gasteiger partial charge on any atom is 0.321 e. The molecule has 1 aliphatic rings. The third kappa shape index (κ3) is 3.21. The van der Waals surface area contributed by atoms with Gasteiger partial charge in [0.25, 0.3) is 0 Å². The molecule has 1 aliphatic heterocycles. The number of likely N-dealkylation sites (tertiary alicyclic amines) is 1. The number of nitrogen functional groups attached to an aromatic ring is 1. The van der Waals surface area contributed by atoms with Crippen LogP contribution in [0.5, 0.6) is 0 Å². The Balaban J connectivity index is 1.54. The number of piperidine rings is 1. The molecule has 0 bridgehead atoms. The summed E-state index contributed by atoms with van der Waals surface area (Å²) in [5, 5.41) is 6.90. The molecular formula is C16H20N4O2. The molecule has 0 aliphatic carbocycles. The number of benzene rings is 1. The zero-order valence-corrected chi connectivity index (χ0v) is 12.6. The summed E-state index contributed by atoms with van der Waals surface area (Å²) in [6, 6.07) is 9.51. The van der Waals surface area contributed by atoms with E-state index in [1.54, 1.807) is 6.07 Å². The standard InChI is InChI=1S/C16H20N4O2/c1-11-2-4-13(5-3-11)18-16(21)20-8-6-12(7-9-20)14-10-15(17)22-19-14/h2-5,10,12H,6-9,17H2,1H3,(H,18,21). The first-order valence-electron chi connectivity index (χ1n) is 7.46. The first kappa shape index (κ1) is 14.4.